The van der Waals surface area contributed by atoms with Gasteiger partial charge in [0.25, 0.3) is 0 Å². The third kappa shape index (κ3) is 2.89. The molecule has 4 heteroatoms. The third-order valence-electron chi connectivity index (χ3n) is 4.55. The molecule has 3 rings (SSSR count). The average molecular weight is 274 g/mol. The molecule has 0 bridgehead atoms. The van der Waals surface area contributed by atoms with Gasteiger partial charge in [0.05, 0.1) is 5.69 Å². The summed E-state index contributed by atoms with van der Waals surface area (Å²) in [5.41, 5.74) is 2.66. The lowest BCUT2D eigenvalue weighted by atomic mass is 10.1. The van der Waals surface area contributed by atoms with E-state index in [4.69, 9.17) is 9.97 Å². The number of hydrogen-bond acceptors (Lipinski definition) is 4. The van der Waals surface area contributed by atoms with Gasteiger partial charge >= 0.3 is 0 Å². The molecule has 2 aliphatic rings. The van der Waals surface area contributed by atoms with E-state index >= 15 is 0 Å². The van der Waals surface area contributed by atoms with Crippen LogP contribution in [0.25, 0.3) is 0 Å². The zero-order chi connectivity index (χ0) is 13.8. The molecule has 1 aliphatic heterocycles. The summed E-state index contributed by atoms with van der Waals surface area (Å²) < 4.78 is 0. The predicted molar refractivity (Wildman–Crippen MR) is 83.5 cm³/mol. The van der Waals surface area contributed by atoms with Gasteiger partial charge in [-0.25, -0.2) is 4.98 Å². The van der Waals surface area contributed by atoms with Gasteiger partial charge in [0.1, 0.15) is 5.82 Å². The van der Waals surface area contributed by atoms with Crippen molar-refractivity contribution in [1.29, 1.82) is 0 Å². The summed E-state index contributed by atoms with van der Waals surface area (Å²) in [4.78, 5) is 12.1. The third-order valence-corrected chi connectivity index (χ3v) is 4.55. The van der Waals surface area contributed by atoms with Gasteiger partial charge in [-0.1, -0.05) is 19.3 Å². The fourth-order valence-corrected chi connectivity index (χ4v) is 3.38. The Balaban J connectivity index is 1.92. The summed E-state index contributed by atoms with van der Waals surface area (Å²) >= 11 is 0. The van der Waals surface area contributed by atoms with Crippen LogP contribution in [0.3, 0.4) is 0 Å². The molecule has 1 saturated heterocycles. The van der Waals surface area contributed by atoms with Crippen molar-refractivity contribution < 1.29 is 0 Å². The van der Waals surface area contributed by atoms with E-state index in [1.165, 1.54) is 56.2 Å². The molecule has 0 unspecified atom stereocenters. The molecule has 1 fully saturated rings. The standard InChI is InChI=1S/C16H26N4/c1-17-15-13-9-5-4-6-10-14(13)18-16(19-15)20-11-7-2-3-8-12-20/h2-12H2,1H3,(H,17,18,19). The summed E-state index contributed by atoms with van der Waals surface area (Å²) in [6.45, 7) is 2.23. The lowest BCUT2D eigenvalue weighted by Gasteiger charge is -2.22. The van der Waals surface area contributed by atoms with Crippen LogP contribution in [0.5, 0.6) is 0 Å². The highest BCUT2D eigenvalue weighted by atomic mass is 15.3. The van der Waals surface area contributed by atoms with E-state index in [0.29, 0.717) is 0 Å². The minimum atomic E-state index is 0.955. The van der Waals surface area contributed by atoms with Crippen LogP contribution in [-0.2, 0) is 12.8 Å². The summed E-state index contributed by atoms with van der Waals surface area (Å²) in [6.07, 6.45) is 11.4. The second-order valence-electron chi connectivity index (χ2n) is 6.01. The summed E-state index contributed by atoms with van der Waals surface area (Å²) in [6, 6.07) is 0. The van der Waals surface area contributed by atoms with Crippen LogP contribution in [0, 0.1) is 0 Å². The number of rotatable bonds is 2. The second kappa shape index (κ2) is 6.42. The molecule has 0 amide bonds. The first-order chi connectivity index (χ1) is 9.88. The average Bonchev–Trinajstić information content (AvgIpc) is 2.88. The largest absolute Gasteiger partial charge is 0.373 e. The molecule has 0 atom stereocenters. The quantitative estimate of drug-likeness (QED) is 0.841. The number of aryl methyl sites for hydroxylation is 1. The van der Waals surface area contributed by atoms with E-state index in [9.17, 15) is 0 Å². The summed E-state index contributed by atoms with van der Waals surface area (Å²) in [5.74, 6) is 2.02. The van der Waals surface area contributed by atoms with E-state index in [-0.39, 0.29) is 0 Å². The van der Waals surface area contributed by atoms with E-state index in [1.807, 2.05) is 7.05 Å². The lowest BCUT2D eigenvalue weighted by Crippen LogP contribution is -2.27. The Morgan fingerprint density at radius 3 is 2.30 bits per heavy atom. The van der Waals surface area contributed by atoms with Crippen LogP contribution in [0.15, 0.2) is 0 Å². The second-order valence-corrected chi connectivity index (χ2v) is 6.01. The van der Waals surface area contributed by atoms with Gasteiger partial charge in [-0.05, 0) is 38.5 Å². The number of fused-ring (bicyclic) bond motifs is 1. The Labute approximate surface area is 122 Å². The summed E-state index contributed by atoms with van der Waals surface area (Å²) in [5, 5.41) is 3.30. The Bertz CT molecular complexity index is 450. The number of nitrogens with one attached hydrogen (secondary N) is 1. The molecule has 4 nitrogen and oxygen atoms in total. The van der Waals surface area contributed by atoms with Gasteiger partial charge in [0, 0.05) is 25.7 Å². The first kappa shape index (κ1) is 13.7. The maximum atomic E-state index is 4.92. The highest BCUT2D eigenvalue weighted by molar-refractivity contribution is 5.51. The van der Waals surface area contributed by atoms with Crippen molar-refractivity contribution in [1.82, 2.24) is 9.97 Å². The lowest BCUT2D eigenvalue weighted by molar-refractivity contribution is 0.707. The SMILES string of the molecule is CNc1nc(N2CCCCCC2)nc2c1CCCCC2. The molecule has 1 aromatic rings. The van der Waals surface area contributed by atoms with E-state index < -0.39 is 0 Å². The molecule has 1 aliphatic carbocycles. The molecule has 110 valence electrons. The van der Waals surface area contributed by atoms with Crippen molar-refractivity contribution in [2.75, 3.05) is 30.4 Å². The van der Waals surface area contributed by atoms with Gasteiger partial charge < -0.3 is 10.2 Å². The topological polar surface area (TPSA) is 41.1 Å². The molecule has 0 spiro atoms. The Morgan fingerprint density at radius 1 is 0.850 bits per heavy atom. The highest BCUT2D eigenvalue weighted by Crippen LogP contribution is 2.27. The molecular weight excluding hydrogens is 248 g/mol. The zero-order valence-electron chi connectivity index (χ0n) is 12.6. The molecule has 20 heavy (non-hydrogen) atoms. The maximum absolute atomic E-state index is 4.92. The van der Waals surface area contributed by atoms with Crippen molar-refractivity contribution >= 4 is 11.8 Å². The van der Waals surface area contributed by atoms with Crippen molar-refractivity contribution in [2.24, 2.45) is 0 Å². The van der Waals surface area contributed by atoms with Crippen LogP contribution in [0.2, 0.25) is 0 Å². The van der Waals surface area contributed by atoms with Crippen molar-refractivity contribution in [2.45, 2.75) is 57.8 Å². The van der Waals surface area contributed by atoms with Crippen LogP contribution in [0.1, 0.15) is 56.2 Å². The minimum absolute atomic E-state index is 0.955. The molecule has 0 radical (unpaired) electrons. The molecule has 0 saturated carbocycles. The Hall–Kier alpha value is -1.32. The predicted octanol–water partition coefficient (Wildman–Crippen LogP) is 3.17. The zero-order valence-corrected chi connectivity index (χ0v) is 12.6. The summed E-state index contributed by atoms with van der Waals surface area (Å²) in [7, 11) is 1.99. The van der Waals surface area contributed by atoms with Crippen LogP contribution in [-0.4, -0.2) is 30.1 Å². The Kier molecular flexibility index (Phi) is 4.38. The number of anilines is 2. The highest BCUT2D eigenvalue weighted by Gasteiger charge is 2.19. The maximum Gasteiger partial charge on any atom is 0.227 e. The van der Waals surface area contributed by atoms with Gasteiger partial charge in [-0.2, -0.15) is 4.98 Å². The van der Waals surface area contributed by atoms with Gasteiger partial charge in [0.2, 0.25) is 5.95 Å². The van der Waals surface area contributed by atoms with Crippen LogP contribution in [0.4, 0.5) is 11.8 Å². The van der Waals surface area contributed by atoms with Gasteiger partial charge in [-0.15, -0.1) is 0 Å². The molecule has 1 N–H and O–H groups in total. The van der Waals surface area contributed by atoms with Gasteiger partial charge in [0.15, 0.2) is 0 Å². The van der Waals surface area contributed by atoms with Crippen molar-refractivity contribution in [3.05, 3.63) is 11.3 Å². The monoisotopic (exact) mass is 274 g/mol. The number of nitrogens with zero attached hydrogens (tertiary/aromatic N) is 3. The fraction of sp³-hybridized carbons (Fsp3) is 0.750. The smallest absolute Gasteiger partial charge is 0.227 e. The number of aromatic nitrogens is 2. The minimum Gasteiger partial charge on any atom is -0.373 e. The molecule has 0 aromatic carbocycles. The Morgan fingerprint density at radius 2 is 1.55 bits per heavy atom. The number of hydrogen-bond donors (Lipinski definition) is 1. The van der Waals surface area contributed by atoms with Gasteiger partial charge in [-0.3, -0.25) is 0 Å². The van der Waals surface area contributed by atoms with Crippen molar-refractivity contribution in [3.8, 4) is 0 Å². The fourth-order valence-electron chi connectivity index (χ4n) is 3.38. The molecule has 2 heterocycles. The van der Waals surface area contributed by atoms with E-state index in [2.05, 4.69) is 10.2 Å². The van der Waals surface area contributed by atoms with Crippen LogP contribution >= 0.6 is 0 Å². The normalized spacial score (nSPS) is 19.9. The van der Waals surface area contributed by atoms with E-state index in [1.54, 1.807) is 0 Å². The first-order valence-electron chi connectivity index (χ1n) is 8.21. The molecular formula is C16H26N4. The van der Waals surface area contributed by atoms with E-state index in [0.717, 1.165) is 37.7 Å². The first-order valence-corrected chi connectivity index (χ1v) is 8.21. The van der Waals surface area contributed by atoms with Crippen LogP contribution < -0.4 is 10.2 Å². The molecule has 1 aromatic heterocycles. The van der Waals surface area contributed by atoms with Crippen molar-refractivity contribution in [3.63, 3.8) is 0 Å².